The Balaban J connectivity index is 1.25. The fourth-order valence-corrected chi connectivity index (χ4v) is 4.90. The average Bonchev–Trinajstić information content (AvgIpc) is 3.51. The van der Waals surface area contributed by atoms with Crippen LogP contribution in [0.25, 0.3) is 11.3 Å². The maximum Gasteiger partial charge on any atom is 0.254 e. The van der Waals surface area contributed by atoms with Gasteiger partial charge >= 0.3 is 0 Å². The standard InChI is InChI=1S/C27H32ClN7O3/c1-16(2)35-14-20(11-30-35)17(3)31-24(36)15-34-13-19-5-4-18(10-22(19)26(34)37)25-23(28)12-29-27(33-25)32-21-6-8-38-9-7-21/h4-5,10-12,14,16-17,21H,6-9,13,15H2,1-3H3,(H,31,36)(H,29,32,33). The van der Waals surface area contributed by atoms with Gasteiger partial charge in [0.25, 0.3) is 5.91 Å². The van der Waals surface area contributed by atoms with E-state index in [1.165, 1.54) is 0 Å². The van der Waals surface area contributed by atoms with Crippen LogP contribution in [-0.4, -0.2) is 62.3 Å². The van der Waals surface area contributed by atoms with Crippen LogP contribution >= 0.6 is 11.6 Å². The summed E-state index contributed by atoms with van der Waals surface area (Å²) >= 11 is 6.45. The van der Waals surface area contributed by atoms with Gasteiger partial charge in [-0.1, -0.05) is 23.7 Å². The molecule has 2 N–H and O–H groups in total. The third-order valence-electron chi connectivity index (χ3n) is 6.92. The number of fused-ring (bicyclic) bond motifs is 1. The SMILES string of the molecule is CC(NC(=O)CN1Cc2ccc(-c3nc(NC4CCOCC4)ncc3Cl)cc2C1=O)c1cnn(C(C)C)c1. The van der Waals surface area contributed by atoms with E-state index in [0.29, 0.717) is 42.0 Å². The van der Waals surface area contributed by atoms with E-state index in [4.69, 9.17) is 16.3 Å². The van der Waals surface area contributed by atoms with Crippen molar-refractivity contribution >= 4 is 29.4 Å². The van der Waals surface area contributed by atoms with Crippen LogP contribution < -0.4 is 10.6 Å². The summed E-state index contributed by atoms with van der Waals surface area (Å²) in [6.45, 7) is 7.76. The average molecular weight is 538 g/mol. The molecule has 3 aromatic rings. The van der Waals surface area contributed by atoms with Crippen molar-refractivity contribution in [1.82, 2.24) is 30.0 Å². The normalized spacial score (nSPS) is 16.6. The first-order chi connectivity index (χ1) is 18.3. The molecule has 11 heteroatoms. The fraction of sp³-hybridized carbons (Fsp3) is 0.444. The lowest BCUT2D eigenvalue weighted by atomic mass is 10.0. The van der Waals surface area contributed by atoms with Crippen molar-refractivity contribution < 1.29 is 14.3 Å². The van der Waals surface area contributed by atoms with Gasteiger partial charge in [0.1, 0.15) is 6.54 Å². The molecule has 2 amide bonds. The van der Waals surface area contributed by atoms with Gasteiger partial charge in [0.15, 0.2) is 0 Å². The third kappa shape index (κ3) is 5.66. The van der Waals surface area contributed by atoms with E-state index in [2.05, 4.69) is 25.7 Å². The molecule has 200 valence electrons. The number of nitrogens with one attached hydrogen (secondary N) is 2. The number of aromatic nitrogens is 4. The molecule has 0 aliphatic carbocycles. The predicted molar refractivity (Wildman–Crippen MR) is 144 cm³/mol. The molecule has 1 unspecified atom stereocenters. The third-order valence-corrected chi connectivity index (χ3v) is 7.20. The number of amides is 2. The Morgan fingerprint density at radius 1 is 1.21 bits per heavy atom. The van der Waals surface area contributed by atoms with Crippen molar-refractivity contribution in [3.63, 3.8) is 0 Å². The first kappa shape index (κ1) is 26.1. The number of hydrogen-bond donors (Lipinski definition) is 2. The molecule has 2 aromatic heterocycles. The first-order valence-electron chi connectivity index (χ1n) is 12.9. The van der Waals surface area contributed by atoms with Gasteiger partial charge < -0.3 is 20.3 Å². The summed E-state index contributed by atoms with van der Waals surface area (Å²) in [6.07, 6.45) is 7.03. The Labute approximate surface area is 226 Å². The van der Waals surface area contributed by atoms with Crippen LogP contribution in [0.5, 0.6) is 0 Å². The maximum absolute atomic E-state index is 13.2. The number of nitrogens with zero attached hydrogens (tertiary/aromatic N) is 5. The van der Waals surface area contributed by atoms with Crippen LogP contribution in [-0.2, 0) is 16.1 Å². The fourth-order valence-electron chi connectivity index (χ4n) is 4.70. The molecule has 1 fully saturated rings. The smallest absolute Gasteiger partial charge is 0.254 e. The van der Waals surface area contributed by atoms with Gasteiger partial charge in [-0.05, 0) is 45.2 Å². The van der Waals surface area contributed by atoms with E-state index in [-0.39, 0.29) is 36.5 Å². The molecule has 10 nitrogen and oxygen atoms in total. The first-order valence-corrected chi connectivity index (χ1v) is 13.3. The van der Waals surface area contributed by atoms with Crippen molar-refractivity contribution in [3.8, 4) is 11.3 Å². The molecule has 5 rings (SSSR count). The predicted octanol–water partition coefficient (Wildman–Crippen LogP) is 4.00. The molecule has 1 atom stereocenters. The summed E-state index contributed by atoms with van der Waals surface area (Å²) in [7, 11) is 0. The van der Waals surface area contributed by atoms with E-state index >= 15 is 0 Å². The zero-order valence-electron chi connectivity index (χ0n) is 21.8. The van der Waals surface area contributed by atoms with Crippen LogP contribution in [0.4, 0.5) is 5.95 Å². The van der Waals surface area contributed by atoms with Crippen molar-refractivity contribution in [3.05, 3.63) is 58.5 Å². The highest BCUT2D eigenvalue weighted by Gasteiger charge is 2.30. The van der Waals surface area contributed by atoms with Crippen LogP contribution in [0.1, 0.15) is 67.2 Å². The van der Waals surface area contributed by atoms with E-state index in [9.17, 15) is 9.59 Å². The molecule has 0 saturated carbocycles. The van der Waals surface area contributed by atoms with Gasteiger partial charge in [-0.15, -0.1) is 0 Å². The molecule has 1 aromatic carbocycles. The van der Waals surface area contributed by atoms with Gasteiger partial charge in [-0.25, -0.2) is 9.97 Å². The van der Waals surface area contributed by atoms with Crippen molar-refractivity contribution in [1.29, 1.82) is 0 Å². The summed E-state index contributed by atoms with van der Waals surface area (Å²) in [4.78, 5) is 36.5. The van der Waals surface area contributed by atoms with Crippen LogP contribution in [0, 0.1) is 0 Å². The molecular weight excluding hydrogens is 506 g/mol. The molecule has 0 spiro atoms. The summed E-state index contributed by atoms with van der Waals surface area (Å²) in [5.41, 5.74) is 3.61. The molecule has 4 heterocycles. The summed E-state index contributed by atoms with van der Waals surface area (Å²) in [5, 5.41) is 11.1. The molecule has 1 saturated heterocycles. The van der Waals surface area contributed by atoms with Crippen LogP contribution in [0.2, 0.25) is 5.02 Å². The second-order valence-corrected chi connectivity index (χ2v) is 10.5. The van der Waals surface area contributed by atoms with Gasteiger partial charge in [0.2, 0.25) is 11.9 Å². The van der Waals surface area contributed by atoms with Crippen LogP contribution in [0.15, 0.2) is 36.8 Å². The highest BCUT2D eigenvalue weighted by molar-refractivity contribution is 6.33. The van der Waals surface area contributed by atoms with Crippen molar-refractivity contribution in [2.75, 3.05) is 25.1 Å². The molecule has 2 aliphatic heterocycles. The largest absolute Gasteiger partial charge is 0.381 e. The maximum atomic E-state index is 13.2. The van der Waals surface area contributed by atoms with Gasteiger partial charge in [-0.3, -0.25) is 14.3 Å². The molecule has 0 bridgehead atoms. The number of benzene rings is 1. The number of anilines is 1. The number of hydrogen-bond acceptors (Lipinski definition) is 7. The van der Waals surface area contributed by atoms with Crippen LogP contribution in [0.3, 0.4) is 0 Å². The minimum absolute atomic E-state index is 0.0288. The molecular formula is C27H32ClN7O3. The van der Waals surface area contributed by atoms with Crippen molar-refractivity contribution in [2.45, 2.75) is 58.3 Å². The molecule has 0 radical (unpaired) electrons. The topological polar surface area (TPSA) is 114 Å². The zero-order valence-corrected chi connectivity index (χ0v) is 22.5. The second-order valence-electron chi connectivity index (χ2n) is 10.1. The number of rotatable bonds is 8. The Morgan fingerprint density at radius 2 is 2.00 bits per heavy atom. The Kier molecular flexibility index (Phi) is 7.62. The van der Waals surface area contributed by atoms with E-state index < -0.39 is 0 Å². The Morgan fingerprint density at radius 3 is 2.74 bits per heavy atom. The lowest BCUT2D eigenvalue weighted by Gasteiger charge is -2.23. The monoisotopic (exact) mass is 537 g/mol. The Bertz CT molecular complexity index is 1340. The highest BCUT2D eigenvalue weighted by atomic mass is 35.5. The lowest BCUT2D eigenvalue weighted by Crippen LogP contribution is -2.38. The number of halogens is 1. The highest BCUT2D eigenvalue weighted by Crippen LogP contribution is 2.31. The number of ether oxygens (including phenoxy) is 1. The van der Waals surface area contributed by atoms with E-state index in [1.807, 2.05) is 43.8 Å². The lowest BCUT2D eigenvalue weighted by molar-refractivity contribution is -0.122. The summed E-state index contributed by atoms with van der Waals surface area (Å²) in [6, 6.07) is 5.86. The zero-order chi connectivity index (χ0) is 26.8. The van der Waals surface area contributed by atoms with Crippen molar-refractivity contribution in [2.24, 2.45) is 0 Å². The van der Waals surface area contributed by atoms with E-state index in [1.54, 1.807) is 23.4 Å². The number of carbonyl (C=O) groups excluding carboxylic acids is 2. The quantitative estimate of drug-likeness (QED) is 0.446. The van der Waals surface area contributed by atoms with Gasteiger partial charge in [0, 0.05) is 54.7 Å². The van der Waals surface area contributed by atoms with E-state index in [0.717, 1.165) is 29.5 Å². The van der Waals surface area contributed by atoms with Gasteiger partial charge in [0.05, 0.1) is 29.2 Å². The summed E-state index contributed by atoms with van der Waals surface area (Å²) < 4.78 is 7.27. The summed E-state index contributed by atoms with van der Waals surface area (Å²) in [5.74, 6) is 0.0799. The van der Waals surface area contributed by atoms with Gasteiger partial charge in [-0.2, -0.15) is 5.10 Å². The second kappa shape index (κ2) is 11.1. The number of carbonyl (C=O) groups is 2. The Hall–Kier alpha value is -3.50. The minimum atomic E-state index is -0.223. The molecule has 2 aliphatic rings. The minimum Gasteiger partial charge on any atom is -0.381 e. The molecule has 38 heavy (non-hydrogen) atoms.